The molecule has 0 spiro atoms. The molecule has 100 valence electrons. The minimum atomic E-state index is 0.658. The second-order valence-electron chi connectivity index (χ2n) is 4.36. The number of aromatic nitrogens is 1. The van der Waals surface area contributed by atoms with Gasteiger partial charge >= 0.3 is 0 Å². The maximum absolute atomic E-state index is 6.18. The van der Waals surface area contributed by atoms with Gasteiger partial charge in [0.15, 0.2) is 5.82 Å². The van der Waals surface area contributed by atoms with E-state index < -0.39 is 0 Å². The van der Waals surface area contributed by atoms with Gasteiger partial charge in [-0.3, -0.25) is 0 Å². The highest BCUT2D eigenvalue weighted by Gasteiger charge is 2.06. The Morgan fingerprint density at radius 2 is 2.11 bits per heavy atom. The third-order valence-electron chi connectivity index (χ3n) is 2.69. The van der Waals surface area contributed by atoms with E-state index in [9.17, 15) is 0 Å². The van der Waals surface area contributed by atoms with E-state index in [0.717, 1.165) is 26.6 Å². The lowest BCUT2D eigenvalue weighted by Crippen LogP contribution is -2.13. The summed E-state index contributed by atoms with van der Waals surface area (Å²) in [6, 6.07) is 9.76. The Bertz CT molecular complexity index is 572. The van der Waals surface area contributed by atoms with Gasteiger partial charge in [-0.2, -0.15) is 0 Å². The monoisotopic (exact) mass is 339 g/mol. The summed E-state index contributed by atoms with van der Waals surface area (Å²) in [4.78, 5) is 6.33. The second-order valence-corrected chi connectivity index (χ2v) is 5.68. The average molecular weight is 341 g/mol. The third kappa shape index (κ3) is 3.61. The molecule has 0 amide bonds. The SMILES string of the molecule is CN(C)c1ncccc1NCc1cc(Br)ccc1Cl. The van der Waals surface area contributed by atoms with Gasteiger partial charge in [0.05, 0.1) is 5.69 Å². The summed E-state index contributed by atoms with van der Waals surface area (Å²) in [6.45, 7) is 0.658. The van der Waals surface area contributed by atoms with Crippen molar-refractivity contribution in [1.29, 1.82) is 0 Å². The van der Waals surface area contributed by atoms with Crippen LogP contribution in [-0.2, 0) is 6.54 Å². The highest BCUT2D eigenvalue weighted by Crippen LogP contribution is 2.24. The van der Waals surface area contributed by atoms with Gasteiger partial charge in [-0.15, -0.1) is 0 Å². The topological polar surface area (TPSA) is 28.2 Å². The Kier molecular flexibility index (Phi) is 4.66. The normalized spacial score (nSPS) is 10.3. The molecule has 5 heteroatoms. The summed E-state index contributed by atoms with van der Waals surface area (Å²) in [5, 5.41) is 4.13. The van der Waals surface area contributed by atoms with Crippen molar-refractivity contribution in [1.82, 2.24) is 4.98 Å². The molecule has 0 saturated carbocycles. The Balaban J connectivity index is 2.17. The first-order valence-corrected chi connectivity index (χ1v) is 7.05. The minimum absolute atomic E-state index is 0.658. The van der Waals surface area contributed by atoms with Gasteiger partial charge in [0, 0.05) is 36.3 Å². The van der Waals surface area contributed by atoms with Crippen LogP contribution in [0.4, 0.5) is 11.5 Å². The molecular weight excluding hydrogens is 326 g/mol. The van der Waals surface area contributed by atoms with Crippen LogP contribution in [0.1, 0.15) is 5.56 Å². The zero-order valence-corrected chi connectivity index (χ0v) is 13.2. The number of rotatable bonds is 4. The number of nitrogens with one attached hydrogen (secondary N) is 1. The van der Waals surface area contributed by atoms with Gasteiger partial charge in [-0.1, -0.05) is 27.5 Å². The number of hydrogen-bond acceptors (Lipinski definition) is 3. The Morgan fingerprint density at radius 1 is 1.32 bits per heavy atom. The molecule has 2 aromatic rings. The van der Waals surface area contributed by atoms with E-state index in [1.54, 1.807) is 6.20 Å². The van der Waals surface area contributed by atoms with Crippen LogP contribution < -0.4 is 10.2 Å². The van der Waals surface area contributed by atoms with E-state index in [-0.39, 0.29) is 0 Å². The number of benzene rings is 1. The number of hydrogen-bond donors (Lipinski definition) is 1. The molecule has 0 fully saturated rings. The largest absolute Gasteiger partial charge is 0.378 e. The van der Waals surface area contributed by atoms with Crippen molar-refractivity contribution >= 4 is 39.0 Å². The van der Waals surface area contributed by atoms with Crippen molar-refractivity contribution < 1.29 is 0 Å². The molecule has 0 bridgehead atoms. The van der Waals surface area contributed by atoms with Gasteiger partial charge in [0.2, 0.25) is 0 Å². The van der Waals surface area contributed by atoms with Crippen LogP contribution in [0.2, 0.25) is 5.02 Å². The lowest BCUT2D eigenvalue weighted by molar-refractivity contribution is 1.05. The van der Waals surface area contributed by atoms with E-state index in [4.69, 9.17) is 11.6 Å². The maximum atomic E-state index is 6.18. The van der Waals surface area contributed by atoms with Gasteiger partial charge in [0.1, 0.15) is 0 Å². The maximum Gasteiger partial charge on any atom is 0.151 e. The van der Waals surface area contributed by atoms with Crippen molar-refractivity contribution in [2.24, 2.45) is 0 Å². The predicted octanol–water partition coefficient (Wildman–Crippen LogP) is 4.18. The fraction of sp³-hybridized carbons (Fsp3) is 0.214. The smallest absolute Gasteiger partial charge is 0.151 e. The van der Waals surface area contributed by atoms with E-state index in [0.29, 0.717) is 6.54 Å². The van der Waals surface area contributed by atoms with Crippen molar-refractivity contribution in [3.63, 3.8) is 0 Å². The lowest BCUT2D eigenvalue weighted by Gasteiger charge is -2.17. The second kappa shape index (κ2) is 6.26. The molecule has 0 atom stereocenters. The highest BCUT2D eigenvalue weighted by atomic mass is 79.9. The van der Waals surface area contributed by atoms with Crippen LogP contribution in [0.25, 0.3) is 0 Å². The Labute approximate surface area is 126 Å². The van der Waals surface area contributed by atoms with Crippen LogP contribution in [0.5, 0.6) is 0 Å². The Morgan fingerprint density at radius 3 is 2.84 bits per heavy atom. The third-order valence-corrected chi connectivity index (χ3v) is 3.55. The molecule has 1 heterocycles. The molecule has 1 N–H and O–H groups in total. The number of pyridine rings is 1. The van der Waals surface area contributed by atoms with Crippen molar-refractivity contribution in [2.45, 2.75) is 6.54 Å². The summed E-state index contributed by atoms with van der Waals surface area (Å²) < 4.78 is 1.02. The van der Waals surface area contributed by atoms with Gasteiger partial charge in [-0.25, -0.2) is 4.98 Å². The van der Waals surface area contributed by atoms with Crippen LogP contribution >= 0.6 is 27.5 Å². The quantitative estimate of drug-likeness (QED) is 0.905. The van der Waals surface area contributed by atoms with Gasteiger partial charge in [0.25, 0.3) is 0 Å². The van der Waals surface area contributed by atoms with Gasteiger partial charge in [-0.05, 0) is 35.9 Å². The molecule has 0 saturated heterocycles. The first-order valence-electron chi connectivity index (χ1n) is 5.88. The van der Waals surface area contributed by atoms with Crippen LogP contribution in [-0.4, -0.2) is 19.1 Å². The first-order chi connectivity index (χ1) is 9.08. The molecule has 0 aliphatic rings. The molecule has 0 aliphatic carbocycles. The average Bonchev–Trinajstić information content (AvgIpc) is 2.40. The summed E-state index contributed by atoms with van der Waals surface area (Å²) in [7, 11) is 3.94. The minimum Gasteiger partial charge on any atom is -0.378 e. The number of nitrogens with zero attached hydrogens (tertiary/aromatic N) is 2. The van der Waals surface area contributed by atoms with E-state index in [1.165, 1.54) is 0 Å². The summed E-state index contributed by atoms with van der Waals surface area (Å²) in [5.74, 6) is 0.911. The molecule has 0 unspecified atom stereocenters. The van der Waals surface area contributed by atoms with Crippen molar-refractivity contribution in [3.8, 4) is 0 Å². The molecule has 3 nitrogen and oxygen atoms in total. The highest BCUT2D eigenvalue weighted by molar-refractivity contribution is 9.10. The molecule has 1 aromatic heterocycles. The lowest BCUT2D eigenvalue weighted by atomic mass is 10.2. The summed E-state index contributed by atoms with van der Waals surface area (Å²) in [6.07, 6.45) is 1.78. The Hall–Kier alpha value is -1.26. The number of anilines is 2. The van der Waals surface area contributed by atoms with Crippen LogP contribution in [0.15, 0.2) is 41.0 Å². The zero-order chi connectivity index (χ0) is 13.8. The first kappa shape index (κ1) is 14.2. The molecule has 0 aliphatic heterocycles. The molecule has 19 heavy (non-hydrogen) atoms. The predicted molar refractivity (Wildman–Crippen MR) is 85.0 cm³/mol. The van der Waals surface area contributed by atoms with E-state index in [1.807, 2.05) is 49.3 Å². The van der Waals surface area contributed by atoms with Gasteiger partial charge < -0.3 is 10.2 Å². The fourth-order valence-corrected chi connectivity index (χ4v) is 2.35. The van der Waals surface area contributed by atoms with Crippen LogP contribution in [0.3, 0.4) is 0 Å². The standard InChI is InChI=1S/C14H15BrClN3/c1-19(2)14-13(4-3-7-17-14)18-9-10-8-11(15)5-6-12(10)16/h3-8,18H,9H2,1-2H3. The zero-order valence-electron chi connectivity index (χ0n) is 10.8. The summed E-state index contributed by atoms with van der Waals surface area (Å²) >= 11 is 9.63. The van der Waals surface area contributed by atoms with E-state index >= 15 is 0 Å². The van der Waals surface area contributed by atoms with Crippen LogP contribution in [0, 0.1) is 0 Å². The molecule has 0 radical (unpaired) electrons. The molecule has 1 aromatic carbocycles. The van der Waals surface area contributed by atoms with Crippen molar-refractivity contribution in [2.75, 3.05) is 24.3 Å². The fourth-order valence-electron chi connectivity index (χ4n) is 1.76. The molecular formula is C14H15BrClN3. The van der Waals surface area contributed by atoms with E-state index in [2.05, 4.69) is 26.2 Å². The molecule has 2 rings (SSSR count). The number of halogens is 2. The van der Waals surface area contributed by atoms with Crippen molar-refractivity contribution in [3.05, 3.63) is 51.6 Å². The summed E-state index contributed by atoms with van der Waals surface area (Å²) in [5.41, 5.74) is 2.04.